The fourth-order valence-corrected chi connectivity index (χ4v) is 2.29. The first kappa shape index (κ1) is 15.1. The molecule has 112 valence electrons. The molecule has 1 aliphatic heterocycles. The zero-order valence-electron chi connectivity index (χ0n) is 12.4. The molecule has 0 unspecified atom stereocenters. The van der Waals surface area contributed by atoms with Crippen molar-refractivity contribution in [2.24, 2.45) is 0 Å². The van der Waals surface area contributed by atoms with Crippen molar-refractivity contribution in [3.63, 3.8) is 0 Å². The van der Waals surface area contributed by atoms with Gasteiger partial charge in [-0.2, -0.15) is 0 Å². The zero-order chi connectivity index (χ0) is 14.2. The maximum Gasteiger partial charge on any atom is 0.161 e. The Labute approximate surface area is 120 Å². The van der Waals surface area contributed by atoms with Crippen LogP contribution in [0.5, 0.6) is 11.5 Å². The van der Waals surface area contributed by atoms with Gasteiger partial charge in [0, 0.05) is 32.7 Å². The summed E-state index contributed by atoms with van der Waals surface area (Å²) >= 11 is 0. The number of ether oxygens (including phenoxy) is 3. The summed E-state index contributed by atoms with van der Waals surface area (Å²) in [6.07, 6.45) is 0. The van der Waals surface area contributed by atoms with Crippen molar-refractivity contribution in [3.8, 4) is 11.5 Å². The highest BCUT2D eigenvalue weighted by Gasteiger charge is 2.09. The molecule has 0 atom stereocenters. The Bertz CT molecular complexity index is 406. The lowest BCUT2D eigenvalue weighted by atomic mass is 10.2. The highest BCUT2D eigenvalue weighted by molar-refractivity contribution is 5.42. The molecule has 1 aromatic carbocycles. The van der Waals surface area contributed by atoms with Gasteiger partial charge in [-0.25, -0.2) is 0 Å². The van der Waals surface area contributed by atoms with Crippen LogP contribution in [0.15, 0.2) is 18.2 Å². The molecule has 0 radical (unpaired) electrons. The third-order valence-corrected chi connectivity index (χ3v) is 3.48. The number of nitrogens with zero attached hydrogens (tertiary/aromatic N) is 1. The number of rotatable bonds is 7. The smallest absolute Gasteiger partial charge is 0.161 e. The van der Waals surface area contributed by atoms with Gasteiger partial charge in [0.25, 0.3) is 0 Å². The molecular weight excluding hydrogens is 256 g/mol. The largest absolute Gasteiger partial charge is 0.493 e. The van der Waals surface area contributed by atoms with Crippen LogP contribution >= 0.6 is 0 Å². The van der Waals surface area contributed by atoms with Crippen LogP contribution in [-0.4, -0.2) is 58.5 Å². The minimum absolute atomic E-state index is 0.604. The van der Waals surface area contributed by atoms with Crippen LogP contribution in [0, 0.1) is 0 Å². The van der Waals surface area contributed by atoms with E-state index in [9.17, 15) is 0 Å². The van der Waals surface area contributed by atoms with Gasteiger partial charge in [0.05, 0.1) is 27.4 Å². The molecule has 1 N–H and O–H groups in total. The third kappa shape index (κ3) is 4.37. The second-order valence-electron chi connectivity index (χ2n) is 4.83. The summed E-state index contributed by atoms with van der Waals surface area (Å²) in [6, 6.07) is 5.88. The van der Waals surface area contributed by atoms with Crippen molar-refractivity contribution in [1.29, 1.82) is 0 Å². The minimum Gasteiger partial charge on any atom is -0.493 e. The lowest BCUT2D eigenvalue weighted by molar-refractivity contribution is 0.0885. The van der Waals surface area contributed by atoms with Gasteiger partial charge in [-0.05, 0) is 17.7 Å². The Hall–Kier alpha value is -1.30. The maximum absolute atomic E-state index is 5.74. The van der Waals surface area contributed by atoms with Crippen LogP contribution in [0.1, 0.15) is 5.56 Å². The second kappa shape index (κ2) is 8.09. The lowest BCUT2D eigenvalue weighted by Crippen LogP contribution is -2.44. The first-order chi connectivity index (χ1) is 9.83. The van der Waals surface area contributed by atoms with Gasteiger partial charge < -0.3 is 19.5 Å². The molecule has 0 bridgehead atoms. The minimum atomic E-state index is 0.604. The average Bonchev–Trinajstić information content (AvgIpc) is 2.52. The fraction of sp³-hybridized carbons (Fsp3) is 0.600. The van der Waals surface area contributed by atoms with Gasteiger partial charge in [-0.1, -0.05) is 6.07 Å². The summed E-state index contributed by atoms with van der Waals surface area (Å²) in [5, 5.41) is 3.35. The van der Waals surface area contributed by atoms with E-state index in [0.717, 1.165) is 56.4 Å². The van der Waals surface area contributed by atoms with E-state index < -0.39 is 0 Å². The molecule has 5 heteroatoms. The predicted molar refractivity (Wildman–Crippen MR) is 78.5 cm³/mol. The molecule has 5 nitrogen and oxygen atoms in total. The van der Waals surface area contributed by atoms with Crippen molar-refractivity contribution in [1.82, 2.24) is 10.2 Å². The Kier molecular flexibility index (Phi) is 6.11. The highest BCUT2D eigenvalue weighted by atomic mass is 16.5. The zero-order valence-corrected chi connectivity index (χ0v) is 12.4. The van der Waals surface area contributed by atoms with Gasteiger partial charge in [-0.3, -0.25) is 4.90 Å². The molecule has 0 spiro atoms. The monoisotopic (exact) mass is 280 g/mol. The van der Waals surface area contributed by atoms with Gasteiger partial charge in [-0.15, -0.1) is 0 Å². The van der Waals surface area contributed by atoms with E-state index in [2.05, 4.69) is 10.2 Å². The van der Waals surface area contributed by atoms with E-state index in [0.29, 0.717) is 6.61 Å². The Morgan fingerprint density at radius 2 is 1.85 bits per heavy atom. The molecular formula is C15H24N2O3. The number of piperazine rings is 1. The molecule has 1 fully saturated rings. The molecule has 1 heterocycles. The summed E-state index contributed by atoms with van der Waals surface area (Å²) in [7, 11) is 3.29. The standard InChI is InChI=1S/C15H24N2O3/c1-18-14-4-3-13(11-15(14)19-2)12-20-10-9-17-7-5-16-6-8-17/h3-4,11,16H,5-10,12H2,1-2H3. The fourth-order valence-electron chi connectivity index (χ4n) is 2.29. The van der Waals surface area contributed by atoms with Crippen molar-refractivity contribution in [2.75, 3.05) is 53.6 Å². The van der Waals surface area contributed by atoms with E-state index >= 15 is 0 Å². The van der Waals surface area contributed by atoms with Crippen molar-refractivity contribution in [3.05, 3.63) is 23.8 Å². The molecule has 1 saturated heterocycles. The van der Waals surface area contributed by atoms with Gasteiger partial charge in [0.1, 0.15) is 0 Å². The Balaban J connectivity index is 1.73. The van der Waals surface area contributed by atoms with Crippen LogP contribution < -0.4 is 14.8 Å². The quantitative estimate of drug-likeness (QED) is 0.758. The number of benzene rings is 1. The molecule has 1 aliphatic rings. The summed E-state index contributed by atoms with van der Waals surface area (Å²) in [5.41, 5.74) is 1.10. The molecule has 0 aromatic heterocycles. The van der Waals surface area contributed by atoms with Gasteiger partial charge in [0.2, 0.25) is 0 Å². The topological polar surface area (TPSA) is 43.0 Å². The van der Waals surface area contributed by atoms with Crippen LogP contribution in [0.25, 0.3) is 0 Å². The van der Waals surface area contributed by atoms with E-state index in [1.165, 1.54) is 0 Å². The number of methoxy groups -OCH3 is 2. The first-order valence-electron chi connectivity index (χ1n) is 7.05. The van der Waals surface area contributed by atoms with E-state index in [1.54, 1.807) is 14.2 Å². The van der Waals surface area contributed by atoms with E-state index in [1.807, 2.05) is 18.2 Å². The summed E-state index contributed by atoms with van der Waals surface area (Å²) in [6.45, 7) is 6.74. The van der Waals surface area contributed by atoms with Crippen molar-refractivity contribution in [2.45, 2.75) is 6.61 Å². The van der Waals surface area contributed by atoms with Crippen LogP contribution in [0.2, 0.25) is 0 Å². The molecule has 20 heavy (non-hydrogen) atoms. The molecule has 0 aliphatic carbocycles. The maximum atomic E-state index is 5.74. The number of hydrogen-bond donors (Lipinski definition) is 1. The van der Waals surface area contributed by atoms with E-state index in [-0.39, 0.29) is 0 Å². The molecule has 1 aromatic rings. The van der Waals surface area contributed by atoms with Crippen LogP contribution in [-0.2, 0) is 11.3 Å². The Morgan fingerprint density at radius 3 is 2.55 bits per heavy atom. The Morgan fingerprint density at radius 1 is 1.10 bits per heavy atom. The van der Waals surface area contributed by atoms with Crippen molar-refractivity contribution < 1.29 is 14.2 Å². The number of hydrogen-bond acceptors (Lipinski definition) is 5. The second-order valence-corrected chi connectivity index (χ2v) is 4.83. The van der Waals surface area contributed by atoms with Gasteiger partial charge >= 0.3 is 0 Å². The number of nitrogens with one attached hydrogen (secondary N) is 1. The van der Waals surface area contributed by atoms with Gasteiger partial charge in [0.15, 0.2) is 11.5 Å². The molecule has 0 saturated carbocycles. The van der Waals surface area contributed by atoms with Crippen LogP contribution in [0.3, 0.4) is 0 Å². The van der Waals surface area contributed by atoms with Crippen molar-refractivity contribution >= 4 is 0 Å². The lowest BCUT2D eigenvalue weighted by Gasteiger charge is -2.26. The molecule has 0 amide bonds. The summed E-state index contributed by atoms with van der Waals surface area (Å²) in [5.74, 6) is 1.49. The summed E-state index contributed by atoms with van der Waals surface area (Å²) in [4.78, 5) is 2.42. The third-order valence-electron chi connectivity index (χ3n) is 3.48. The SMILES string of the molecule is COc1ccc(COCCN2CCNCC2)cc1OC. The first-order valence-corrected chi connectivity index (χ1v) is 7.05. The van der Waals surface area contributed by atoms with E-state index in [4.69, 9.17) is 14.2 Å². The predicted octanol–water partition coefficient (Wildman–Crippen LogP) is 1.13. The molecule has 2 rings (SSSR count). The highest BCUT2D eigenvalue weighted by Crippen LogP contribution is 2.27. The van der Waals surface area contributed by atoms with Crippen LogP contribution in [0.4, 0.5) is 0 Å². The average molecular weight is 280 g/mol. The summed E-state index contributed by atoms with van der Waals surface area (Å²) < 4.78 is 16.2. The normalized spacial score (nSPS) is 16.1.